The number of nitrogens with zero attached hydrogens (tertiary/aromatic N) is 3. The summed E-state index contributed by atoms with van der Waals surface area (Å²) in [5, 5.41) is 10.4. The van der Waals surface area contributed by atoms with Crippen LogP contribution in [-0.4, -0.2) is 41.9 Å². The van der Waals surface area contributed by atoms with Gasteiger partial charge in [-0.15, -0.1) is 10.2 Å². The second-order valence-corrected chi connectivity index (χ2v) is 9.34. The van der Waals surface area contributed by atoms with Crippen LogP contribution in [0.25, 0.3) is 0 Å². The molecule has 0 bridgehead atoms. The van der Waals surface area contributed by atoms with E-state index in [9.17, 15) is 13.2 Å². The Balaban J connectivity index is 1.76. The number of hydrogen-bond donors (Lipinski definition) is 1. The first-order valence-corrected chi connectivity index (χ1v) is 10.3. The average Bonchev–Trinajstić information content (AvgIpc) is 3.04. The third-order valence-corrected chi connectivity index (χ3v) is 7.25. The van der Waals surface area contributed by atoms with Crippen LogP contribution in [0.15, 0.2) is 28.6 Å². The highest BCUT2D eigenvalue weighted by molar-refractivity contribution is 7.91. The summed E-state index contributed by atoms with van der Waals surface area (Å²) in [6.07, 6.45) is 1.87. The lowest BCUT2D eigenvalue weighted by Gasteiger charge is -2.28. The smallest absolute Gasteiger partial charge is 0.272 e. The standard InChI is InChI=1S/C16H20N4O3S2/c1-11-6-5-9-20(10-11)25(22,23)16-19-18-15(24-16)17-14(21)13-8-4-3-7-12(13)2/h3-4,7-8,11H,5-6,9-10H2,1-2H3,(H,17,18,21). The van der Waals surface area contributed by atoms with Gasteiger partial charge in [0.15, 0.2) is 0 Å². The van der Waals surface area contributed by atoms with Crippen LogP contribution in [0.4, 0.5) is 5.13 Å². The Morgan fingerprint density at radius 3 is 2.80 bits per heavy atom. The van der Waals surface area contributed by atoms with Crippen LogP contribution in [0.3, 0.4) is 0 Å². The maximum absolute atomic E-state index is 12.7. The normalized spacial score (nSPS) is 18.9. The van der Waals surface area contributed by atoms with Gasteiger partial charge in [0.2, 0.25) is 9.47 Å². The summed E-state index contributed by atoms with van der Waals surface area (Å²) < 4.78 is 26.7. The number of piperidine rings is 1. The molecule has 1 saturated heterocycles. The van der Waals surface area contributed by atoms with Crippen molar-refractivity contribution in [3.8, 4) is 0 Å². The highest BCUT2D eigenvalue weighted by Gasteiger charge is 2.32. The van der Waals surface area contributed by atoms with Crippen molar-refractivity contribution in [2.45, 2.75) is 31.0 Å². The average molecular weight is 380 g/mol. The van der Waals surface area contributed by atoms with Crippen molar-refractivity contribution in [3.05, 3.63) is 35.4 Å². The summed E-state index contributed by atoms with van der Waals surface area (Å²) in [4.78, 5) is 12.3. The molecule has 3 rings (SSSR count). The highest BCUT2D eigenvalue weighted by atomic mass is 32.2. The molecule has 1 aliphatic heterocycles. The van der Waals surface area contributed by atoms with Gasteiger partial charge in [-0.25, -0.2) is 8.42 Å². The highest BCUT2D eigenvalue weighted by Crippen LogP contribution is 2.27. The van der Waals surface area contributed by atoms with Gasteiger partial charge in [0.05, 0.1) is 0 Å². The Morgan fingerprint density at radius 2 is 2.08 bits per heavy atom. The molecule has 1 aromatic heterocycles. The van der Waals surface area contributed by atoms with Crippen LogP contribution < -0.4 is 5.32 Å². The lowest BCUT2D eigenvalue weighted by Crippen LogP contribution is -2.39. The second kappa shape index (κ2) is 7.19. The Kier molecular flexibility index (Phi) is 5.16. The fourth-order valence-corrected chi connectivity index (χ4v) is 5.46. The molecule has 9 heteroatoms. The van der Waals surface area contributed by atoms with Gasteiger partial charge in [-0.1, -0.05) is 36.5 Å². The predicted octanol–water partition coefficient (Wildman–Crippen LogP) is 2.52. The van der Waals surface area contributed by atoms with E-state index in [-0.39, 0.29) is 15.4 Å². The van der Waals surface area contributed by atoms with Crippen molar-refractivity contribution in [1.29, 1.82) is 0 Å². The fraction of sp³-hybridized carbons (Fsp3) is 0.438. The molecule has 1 N–H and O–H groups in total. The zero-order chi connectivity index (χ0) is 18.0. The first kappa shape index (κ1) is 18.0. The van der Waals surface area contributed by atoms with Gasteiger partial charge in [0.25, 0.3) is 15.9 Å². The number of carbonyl (C=O) groups is 1. The van der Waals surface area contributed by atoms with E-state index in [0.29, 0.717) is 24.6 Å². The third kappa shape index (κ3) is 3.88. The summed E-state index contributed by atoms with van der Waals surface area (Å²) in [6, 6.07) is 7.16. The molecule has 1 aromatic carbocycles. The number of aryl methyl sites for hydroxylation is 1. The van der Waals surface area contributed by atoms with Crippen LogP contribution in [0.2, 0.25) is 0 Å². The number of hydrogen-bond acceptors (Lipinski definition) is 6. The lowest BCUT2D eigenvalue weighted by molar-refractivity contribution is 0.102. The second-order valence-electron chi connectivity index (χ2n) is 6.25. The Bertz CT molecular complexity index is 879. The minimum absolute atomic E-state index is 0.0818. The van der Waals surface area contributed by atoms with Gasteiger partial charge in [0.1, 0.15) is 0 Å². The van der Waals surface area contributed by atoms with Crippen LogP contribution in [0.1, 0.15) is 35.7 Å². The minimum atomic E-state index is -3.66. The maximum Gasteiger partial charge on any atom is 0.272 e. The molecule has 1 atom stereocenters. The number of aromatic nitrogens is 2. The van der Waals surface area contributed by atoms with Crippen molar-refractivity contribution < 1.29 is 13.2 Å². The van der Waals surface area contributed by atoms with Crippen molar-refractivity contribution >= 4 is 32.4 Å². The summed E-state index contributed by atoms with van der Waals surface area (Å²) in [5.74, 6) is 0.00136. The summed E-state index contributed by atoms with van der Waals surface area (Å²) in [7, 11) is -3.66. The van der Waals surface area contributed by atoms with Crippen LogP contribution in [0.5, 0.6) is 0 Å². The number of sulfonamides is 1. The first-order chi connectivity index (χ1) is 11.9. The van der Waals surface area contributed by atoms with E-state index in [0.717, 1.165) is 29.7 Å². The molecule has 1 unspecified atom stereocenters. The Hall–Kier alpha value is -1.84. The minimum Gasteiger partial charge on any atom is -0.296 e. The van der Waals surface area contributed by atoms with Gasteiger partial charge >= 0.3 is 0 Å². The van der Waals surface area contributed by atoms with Gasteiger partial charge in [-0.3, -0.25) is 10.1 Å². The SMILES string of the molecule is Cc1ccccc1C(=O)Nc1nnc(S(=O)(=O)N2CCCC(C)C2)s1. The van der Waals surface area contributed by atoms with Crippen LogP contribution in [0, 0.1) is 12.8 Å². The lowest BCUT2D eigenvalue weighted by atomic mass is 10.0. The molecule has 1 amide bonds. The molecular formula is C16H20N4O3S2. The molecule has 2 heterocycles. The number of carbonyl (C=O) groups excluding carboxylic acids is 1. The number of rotatable bonds is 4. The molecule has 0 spiro atoms. The summed E-state index contributed by atoms with van der Waals surface area (Å²) in [6.45, 7) is 4.86. The van der Waals surface area contributed by atoms with Crippen molar-refractivity contribution in [1.82, 2.24) is 14.5 Å². The maximum atomic E-state index is 12.7. The predicted molar refractivity (Wildman–Crippen MR) is 96.2 cm³/mol. The molecule has 2 aromatic rings. The van der Waals surface area contributed by atoms with E-state index >= 15 is 0 Å². The van der Waals surface area contributed by atoms with Gasteiger partial charge < -0.3 is 0 Å². The fourth-order valence-electron chi connectivity index (χ4n) is 2.83. The molecule has 1 aliphatic rings. The topological polar surface area (TPSA) is 92.3 Å². The third-order valence-electron chi connectivity index (χ3n) is 4.20. The van der Waals surface area contributed by atoms with Crippen molar-refractivity contribution in [3.63, 3.8) is 0 Å². The van der Waals surface area contributed by atoms with E-state index in [2.05, 4.69) is 15.5 Å². The molecule has 0 saturated carbocycles. The summed E-state index contributed by atoms with van der Waals surface area (Å²) in [5.41, 5.74) is 1.35. The number of benzene rings is 1. The first-order valence-electron chi connectivity index (χ1n) is 8.08. The Morgan fingerprint density at radius 1 is 1.32 bits per heavy atom. The number of nitrogens with one attached hydrogen (secondary N) is 1. The molecule has 1 fully saturated rings. The van der Waals surface area contributed by atoms with E-state index in [4.69, 9.17) is 0 Å². The largest absolute Gasteiger partial charge is 0.296 e. The molecule has 0 radical (unpaired) electrons. The zero-order valence-corrected chi connectivity index (χ0v) is 15.7. The van der Waals surface area contributed by atoms with Crippen LogP contribution >= 0.6 is 11.3 Å². The van der Waals surface area contributed by atoms with Gasteiger partial charge in [-0.2, -0.15) is 4.31 Å². The molecular weight excluding hydrogens is 360 g/mol. The van der Waals surface area contributed by atoms with Gasteiger partial charge in [-0.05, 0) is 37.3 Å². The molecule has 0 aliphatic carbocycles. The molecule has 7 nitrogen and oxygen atoms in total. The number of anilines is 1. The number of amides is 1. The van der Waals surface area contributed by atoms with E-state index in [1.165, 1.54) is 4.31 Å². The Labute approximate surface area is 151 Å². The van der Waals surface area contributed by atoms with Gasteiger partial charge in [0, 0.05) is 18.7 Å². The molecule has 25 heavy (non-hydrogen) atoms. The summed E-state index contributed by atoms with van der Waals surface area (Å²) >= 11 is 0.880. The quantitative estimate of drug-likeness (QED) is 0.823. The van der Waals surface area contributed by atoms with E-state index in [1.54, 1.807) is 12.1 Å². The van der Waals surface area contributed by atoms with Crippen LogP contribution in [-0.2, 0) is 10.0 Å². The molecule has 134 valence electrons. The van der Waals surface area contributed by atoms with Crippen molar-refractivity contribution in [2.75, 3.05) is 18.4 Å². The van der Waals surface area contributed by atoms with E-state index < -0.39 is 10.0 Å². The zero-order valence-electron chi connectivity index (χ0n) is 14.1. The van der Waals surface area contributed by atoms with Crippen molar-refractivity contribution in [2.24, 2.45) is 5.92 Å². The van der Waals surface area contributed by atoms with E-state index in [1.807, 2.05) is 26.0 Å². The monoisotopic (exact) mass is 380 g/mol.